The first-order valence-corrected chi connectivity index (χ1v) is 5.77. The molecule has 86 valence electrons. The fourth-order valence-electron chi connectivity index (χ4n) is 1.79. The lowest BCUT2D eigenvalue weighted by Crippen LogP contribution is -2.37. The number of hydrogen-bond acceptors (Lipinski definition) is 3. The Morgan fingerprint density at radius 1 is 1.47 bits per heavy atom. The van der Waals surface area contributed by atoms with E-state index in [-0.39, 0.29) is 0 Å². The lowest BCUT2D eigenvalue weighted by molar-refractivity contribution is 0.465. The predicted molar refractivity (Wildman–Crippen MR) is 62.2 cm³/mol. The molecule has 0 saturated heterocycles. The molecule has 1 rings (SSSR count). The van der Waals surface area contributed by atoms with Crippen LogP contribution in [0, 0.1) is 0 Å². The number of hydrazine groups is 1. The Kier molecular flexibility index (Phi) is 5.36. The van der Waals surface area contributed by atoms with E-state index in [2.05, 4.69) is 28.8 Å². The predicted octanol–water partition coefficient (Wildman–Crippen LogP) is 1.47. The summed E-state index contributed by atoms with van der Waals surface area (Å²) in [6, 6.07) is 0.341. The van der Waals surface area contributed by atoms with Gasteiger partial charge in [0, 0.05) is 31.4 Å². The highest BCUT2D eigenvalue weighted by molar-refractivity contribution is 4.95. The standard InChI is InChI=1S/C11H22N4/c1-3-5-10(14-12)9-11-13-6-8-15(11)7-4-2/h6,8,10,14H,3-5,7,9,12H2,1-2H3. The highest BCUT2D eigenvalue weighted by atomic mass is 15.2. The minimum Gasteiger partial charge on any atom is -0.335 e. The molecule has 0 bridgehead atoms. The first kappa shape index (κ1) is 12.2. The highest BCUT2D eigenvalue weighted by Gasteiger charge is 2.10. The number of aromatic nitrogens is 2. The van der Waals surface area contributed by atoms with Crippen LogP contribution in [0.1, 0.15) is 38.9 Å². The van der Waals surface area contributed by atoms with Crippen LogP contribution in [-0.2, 0) is 13.0 Å². The summed E-state index contributed by atoms with van der Waals surface area (Å²) in [7, 11) is 0. The summed E-state index contributed by atoms with van der Waals surface area (Å²) in [6.45, 7) is 5.39. The van der Waals surface area contributed by atoms with Crippen molar-refractivity contribution in [2.45, 2.75) is 52.1 Å². The van der Waals surface area contributed by atoms with Crippen molar-refractivity contribution in [1.82, 2.24) is 15.0 Å². The molecular formula is C11H22N4. The molecule has 1 atom stereocenters. The molecule has 1 aromatic rings. The number of nitrogens with one attached hydrogen (secondary N) is 1. The molecule has 0 spiro atoms. The Bertz CT molecular complexity index is 269. The average molecular weight is 210 g/mol. The minimum atomic E-state index is 0.341. The molecule has 0 aliphatic heterocycles. The van der Waals surface area contributed by atoms with Crippen LogP contribution in [0.25, 0.3) is 0 Å². The molecule has 0 aromatic carbocycles. The molecule has 4 nitrogen and oxygen atoms in total. The molecule has 15 heavy (non-hydrogen) atoms. The van der Waals surface area contributed by atoms with Crippen molar-refractivity contribution in [3.63, 3.8) is 0 Å². The Labute approximate surface area is 91.8 Å². The molecular weight excluding hydrogens is 188 g/mol. The molecule has 0 radical (unpaired) electrons. The summed E-state index contributed by atoms with van der Waals surface area (Å²) in [5.74, 6) is 6.65. The van der Waals surface area contributed by atoms with Crippen molar-refractivity contribution in [3.8, 4) is 0 Å². The Morgan fingerprint density at radius 3 is 2.87 bits per heavy atom. The highest BCUT2D eigenvalue weighted by Crippen LogP contribution is 2.06. The first-order valence-electron chi connectivity index (χ1n) is 5.77. The number of nitrogens with zero attached hydrogens (tertiary/aromatic N) is 2. The van der Waals surface area contributed by atoms with Gasteiger partial charge in [-0.2, -0.15) is 0 Å². The molecule has 3 N–H and O–H groups in total. The van der Waals surface area contributed by atoms with E-state index < -0.39 is 0 Å². The van der Waals surface area contributed by atoms with Crippen LogP contribution in [0.4, 0.5) is 0 Å². The van der Waals surface area contributed by atoms with Crippen LogP contribution in [0.5, 0.6) is 0 Å². The lowest BCUT2D eigenvalue weighted by atomic mass is 10.1. The largest absolute Gasteiger partial charge is 0.335 e. The molecule has 1 heterocycles. The maximum Gasteiger partial charge on any atom is 0.110 e. The number of rotatable bonds is 7. The van der Waals surface area contributed by atoms with Crippen LogP contribution in [0.3, 0.4) is 0 Å². The third-order valence-electron chi connectivity index (χ3n) is 2.57. The molecule has 4 heteroatoms. The van der Waals surface area contributed by atoms with Gasteiger partial charge in [-0.25, -0.2) is 4.98 Å². The second kappa shape index (κ2) is 6.58. The summed E-state index contributed by atoms with van der Waals surface area (Å²) in [5, 5.41) is 0. The first-order chi connectivity index (χ1) is 7.31. The van der Waals surface area contributed by atoms with Gasteiger partial charge in [-0.05, 0) is 12.8 Å². The van der Waals surface area contributed by atoms with Gasteiger partial charge in [0.25, 0.3) is 0 Å². The summed E-state index contributed by atoms with van der Waals surface area (Å²) in [4.78, 5) is 4.37. The minimum absolute atomic E-state index is 0.341. The van der Waals surface area contributed by atoms with E-state index in [0.29, 0.717) is 6.04 Å². The summed E-state index contributed by atoms with van der Waals surface area (Å²) >= 11 is 0. The monoisotopic (exact) mass is 210 g/mol. The van der Waals surface area contributed by atoms with Gasteiger partial charge in [0.15, 0.2) is 0 Å². The van der Waals surface area contributed by atoms with E-state index in [0.717, 1.165) is 38.1 Å². The van der Waals surface area contributed by atoms with E-state index in [9.17, 15) is 0 Å². The van der Waals surface area contributed by atoms with E-state index in [1.165, 1.54) is 0 Å². The maximum absolute atomic E-state index is 5.51. The Balaban J connectivity index is 2.57. The van der Waals surface area contributed by atoms with Crippen LogP contribution in [-0.4, -0.2) is 15.6 Å². The van der Waals surface area contributed by atoms with Crippen LogP contribution in [0.15, 0.2) is 12.4 Å². The second-order valence-electron chi connectivity index (χ2n) is 3.89. The van der Waals surface area contributed by atoms with Gasteiger partial charge >= 0.3 is 0 Å². The second-order valence-corrected chi connectivity index (χ2v) is 3.89. The quantitative estimate of drug-likeness (QED) is 0.529. The Hall–Kier alpha value is -0.870. The van der Waals surface area contributed by atoms with Crippen molar-refractivity contribution < 1.29 is 0 Å². The van der Waals surface area contributed by atoms with E-state index in [1.54, 1.807) is 0 Å². The normalized spacial score (nSPS) is 13.0. The molecule has 0 aliphatic rings. The van der Waals surface area contributed by atoms with Crippen LogP contribution < -0.4 is 11.3 Å². The average Bonchev–Trinajstić information content (AvgIpc) is 2.66. The van der Waals surface area contributed by atoms with Crippen molar-refractivity contribution in [3.05, 3.63) is 18.2 Å². The van der Waals surface area contributed by atoms with Gasteiger partial charge in [-0.15, -0.1) is 0 Å². The van der Waals surface area contributed by atoms with Gasteiger partial charge in [0.2, 0.25) is 0 Å². The maximum atomic E-state index is 5.51. The van der Waals surface area contributed by atoms with Gasteiger partial charge in [0.05, 0.1) is 0 Å². The molecule has 0 saturated carbocycles. The van der Waals surface area contributed by atoms with Gasteiger partial charge in [-0.3, -0.25) is 11.3 Å². The zero-order chi connectivity index (χ0) is 11.1. The van der Waals surface area contributed by atoms with Crippen molar-refractivity contribution in [1.29, 1.82) is 0 Å². The fourth-order valence-corrected chi connectivity index (χ4v) is 1.79. The van der Waals surface area contributed by atoms with Crippen LogP contribution >= 0.6 is 0 Å². The number of hydrogen-bond donors (Lipinski definition) is 2. The molecule has 1 unspecified atom stereocenters. The number of imidazole rings is 1. The third kappa shape index (κ3) is 3.64. The summed E-state index contributed by atoms with van der Waals surface area (Å²) < 4.78 is 2.21. The summed E-state index contributed by atoms with van der Waals surface area (Å²) in [6.07, 6.45) is 8.19. The van der Waals surface area contributed by atoms with Gasteiger partial charge in [0.1, 0.15) is 5.82 Å². The summed E-state index contributed by atoms with van der Waals surface area (Å²) in [5.41, 5.74) is 2.86. The lowest BCUT2D eigenvalue weighted by Gasteiger charge is -2.15. The number of nitrogens with two attached hydrogens (primary N) is 1. The zero-order valence-corrected chi connectivity index (χ0v) is 9.74. The van der Waals surface area contributed by atoms with Crippen molar-refractivity contribution in [2.24, 2.45) is 5.84 Å². The zero-order valence-electron chi connectivity index (χ0n) is 9.74. The Morgan fingerprint density at radius 2 is 2.27 bits per heavy atom. The third-order valence-corrected chi connectivity index (χ3v) is 2.57. The van der Waals surface area contributed by atoms with Crippen LogP contribution in [0.2, 0.25) is 0 Å². The topological polar surface area (TPSA) is 55.9 Å². The fraction of sp³-hybridized carbons (Fsp3) is 0.727. The van der Waals surface area contributed by atoms with E-state index in [1.807, 2.05) is 12.4 Å². The van der Waals surface area contributed by atoms with Crippen molar-refractivity contribution in [2.75, 3.05) is 0 Å². The SMILES string of the molecule is CCCC(Cc1nccn1CCC)NN. The molecule has 0 aliphatic carbocycles. The molecule has 0 amide bonds. The van der Waals surface area contributed by atoms with Gasteiger partial charge in [-0.1, -0.05) is 20.3 Å². The van der Waals surface area contributed by atoms with E-state index in [4.69, 9.17) is 5.84 Å². The van der Waals surface area contributed by atoms with Crippen molar-refractivity contribution >= 4 is 0 Å². The smallest absolute Gasteiger partial charge is 0.110 e. The molecule has 1 aromatic heterocycles. The molecule has 0 fully saturated rings. The van der Waals surface area contributed by atoms with Gasteiger partial charge < -0.3 is 4.57 Å². The number of aryl methyl sites for hydroxylation is 1. The van der Waals surface area contributed by atoms with E-state index >= 15 is 0 Å².